The van der Waals surface area contributed by atoms with Gasteiger partial charge in [-0.2, -0.15) is 0 Å². The maximum absolute atomic E-state index is 12.9. The molecule has 3 heterocycles. The van der Waals surface area contributed by atoms with Crippen molar-refractivity contribution in [3.05, 3.63) is 62.4 Å². The van der Waals surface area contributed by atoms with Crippen molar-refractivity contribution in [2.75, 3.05) is 31.6 Å². The quantitative estimate of drug-likeness (QED) is 0.558. The number of carbonyl (C=O) groups excluding carboxylic acids is 2. The second kappa shape index (κ2) is 9.14. The average Bonchev–Trinajstić information content (AvgIpc) is 2.80. The number of nitrogens with one attached hydrogen (secondary N) is 2. The number of benzene rings is 1. The minimum atomic E-state index is -0.241. The maximum atomic E-state index is 12.9. The predicted molar refractivity (Wildman–Crippen MR) is 129 cm³/mol. The summed E-state index contributed by atoms with van der Waals surface area (Å²) in [7, 11) is 1.57. The van der Waals surface area contributed by atoms with Crippen molar-refractivity contribution in [2.24, 2.45) is 0 Å². The Kier molecular flexibility index (Phi) is 6.28. The van der Waals surface area contributed by atoms with E-state index in [4.69, 9.17) is 12.2 Å². The number of hydrogen-bond donors (Lipinski definition) is 2. The van der Waals surface area contributed by atoms with Crippen molar-refractivity contribution in [1.82, 2.24) is 24.8 Å². The number of aryl methyl sites for hydroxylation is 1. The number of rotatable bonds is 5. The van der Waals surface area contributed by atoms with Crippen LogP contribution in [-0.4, -0.2) is 57.9 Å². The standard InChI is InChI=1S/C23H26N6O3S/c1-4-29-22(33)16-6-5-15(11-18(16)26-23(29)32)12-28-10-9-27(13-20(28)30)19-8-7-17(21(31)24-3)25-14(19)2/h5-8,11H,4,9-10,12-13H2,1-3H3,(H,24,31)(H,26,32). The van der Waals surface area contributed by atoms with Crippen molar-refractivity contribution in [3.63, 3.8) is 0 Å². The largest absolute Gasteiger partial charge is 0.359 e. The van der Waals surface area contributed by atoms with E-state index in [0.29, 0.717) is 47.7 Å². The number of carbonyl (C=O) groups is 2. The summed E-state index contributed by atoms with van der Waals surface area (Å²) in [6.45, 7) is 6.13. The molecule has 1 aromatic carbocycles. The van der Waals surface area contributed by atoms with E-state index in [1.165, 1.54) is 4.57 Å². The van der Waals surface area contributed by atoms with Gasteiger partial charge in [0.2, 0.25) is 5.91 Å². The number of pyridine rings is 1. The summed E-state index contributed by atoms with van der Waals surface area (Å²) < 4.78 is 2.04. The van der Waals surface area contributed by atoms with Gasteiger partial charge in [-0.25, -0.2) is 9.78 Å². The summed E-state index contributed by atoms with van der Waals surface area (Å²) in [5.41, 5.74) is 3.28. The molecule has 2 N–H and O–H groups in total. The van der Waals surface area contributed by atoms with Crippen LogP contribution in [0.2, 0.25) is 0 Å². The van der Waals surface area contributed by atoms with Crippen molar-refractivity contribution < 1.29 is 9.59 Å². The Bertz CT molecular complexity index is 1360. The molecular weight excluding hydrogens is 440 g/mol. The van der Waals surface area contributed by atoms with Crippen LogP contribution in [0.1, 0.15) is 28.7 Å². The molecule has 0 bridgehead atoms. The van der Waals surface area contributed by atoms with E-state index in [9.17, 15) is 14.4 Å². The van der Waals surface area contributed by atoms with Gasteiger partial charge < -0.3 is 20.1 Å². The molecule has 9 nitrogen and oxygen atoms in total. The van der Waals surface area contributed by atoms with Gasteiger partial charge >= 0.3 is 5.69 Å². The molecule has 0 aliphatic carbocycles. The molecule has 172 valence electrons. The fourth-order valence-electron chi connectivity index (χ4n) is 4.13. The van der Waals surface area contributed by atoms with Gasteiger partial charge in [0.25, 0.3) is 5.91 Å². The van der Waals surface area contributed by atoms with Gasteiger partial charge in [-0.1, -0.05) is 18.3 Å². The Morgan fingerprint density at radius 2 is 2.00 bits per heavy atom. The highest BCUT2D eigenvalue weighted by Crippen LogP contribution is 2.22. The molecule has 0 atom stereocenters. The van der Waals surface area contributed by atoms with Gasteiger partial charge in [-0.05, 0) is 43.7 Å². The summed E-state index contributed by atoms with van der Waals surface area (Å²) >= 11 is 5.45. The van der Waals surface area contributed by atoms with Crippen LogP contribution in [0.15, 0.2) is 35.1 Å². The number of nitrogens with zero attached hydrogens (tertiary/aromatic N) is 4. The van der Waals surface area contributed by atoms with Crippen molar-refractivity contribution in [2.45, 2.75) is 26.9 Å². The Balaban J connectivity index is 1.49. The maximum Gasteiger partial charge on any atom is 0.326 e. The minimum absolute atomic E-state index is 0.00506. The number of hydrogen-bond acceptors (Lipinski definition) is 6. The zero-order chi connectivity index (χ0) is 23.7. The Labute approximate surface area is 196 Å². The first kappa shape index (κ1) is 22.7. The zero-order valence-corrected chi connectivity index (χ0v) is 19.7. The molecule has 1 aliphatic heterocycles. The molecule has 10 heteroatoms. The average molecular weight is 467 g/mol. The second-order valence-electron chi connectivity index (χ2n) is 7.98. The minimum Gasteiger partial charge on any atom is -0.359 e. The van der Waals surface area contributed by atoms with Gasteiger partial charge in [-0.15, -0.1) is 0 Å². The van der Waals surface area contributed by atoms with Crippen LogP contribution in [0, 0.1) is 11.6 Å². The van der Waals surface area contributed by atoms with Gasteiger partial charge in [0.05, 0.1) is 23.4 Å². The molecular formula is C23H26N6O3S. The third-order valence-corrected chi connectivity index (χ3v) is 6.35. The monoisotopic (exact) mass is 466 g/mol. The van der Waals surface area contributed by atoms with Crippen LogP contribution < -0.4 is 15.9 Å². The number of aromatic nitrogens is 3. The number of amides is 2. The molecule has 3 aromatic rings. The van der Waals surface area contributed by atoms with Crippen LogP contribution in [0.5, 0.6) is 0 Å². The normalized spacial score (nSPS) is 14.1. The Morgan fingerprint density at radius 3 is 2.67 bits per heavy atom. The van der Waals surface area contributed by atoms with E-state index in [-0.39, 0.29) is 24.0 Å². The molecule has 1 saturated heterocycles. The first-order valence-electron chi connectivity index (χ1n) is 10.8. The molecule has 33 heavy (non-hydrogen) atoms. The lowest BCUT2D eigenvalue weighted by atomic mass is 10.1. The van der Waals surface area contributed by atoms with Crippen LogP contribution in [0.4, 0.5) is 5.69 Å². The third-order valence-electron chi connectivity index (χ3n) is 5.91. The van der Waals surface area contributed by atoms with Gasteiger partial charge in [-0.3, -0.25) is 14.2 Å². The summed E-state index contributed by atoms with van der Waals surface area (Å²) in [5.74, 6) is -0.236. The molecule has 4 rings (SSSR count). The molecule has 2 aromatic heterocycles. The lowest BCUT2D eigenvalue weighted by molar-refractivity contribution is -0.131. The van der Waals surface area contributed by atoms with Crippen molar-refractivity contribution >= 4 is 40.6 Å². The van der Waals surface area contributed by atoms with E-state index >= 15 is 0 Å². The molecule has 0 unspecified atom stereocenters. The highest BCUT2D eigenvalue weighted by atomic mass is 32.1. The van der Waals surface area contributed by atoms with Crippen LogP contribution in [-0.2, 0) is 17.9 Å². The van der Waals surface area contributed by atoms with Gasteiger partial charge in [0, 0.05) is 38.6 Å². The van der Waals surface area contributed by atoms with Crippen molar-refractivity contribution in [1.29, 1.82) is 0 Å². The molecule has 2 amide bonds. The summed E-state index contributed by atoms with van der Waals surface area (Å²) in [6, 6.07) is 9.24. The first-order chi connectivity index (χ1) is 15.8. The van der Waals surface area contributed by atoms with E-state index in [1.54, 1.807) is 18.0 Å². The Hall–Kier alpha value is -3.53. The highest BCUT2D eigenvalue weighted by molar-refractivity contribution is 7.71. The summed E-state index contributed by atoms with van der Waals surface area (Å²) in [6.07, 6.45) is 0. The fourth-order valence-corrected chi connectivity index (χ4v) is 4.52. The number of piperazine rings is 1. The second-order valence-corrected chi connectivity index (χ2v) is 8.36. The molecule has 0 radical (unpaired) electrons. The first-order valence-corrected chi connectivity index (χ1v) is 11.2. The van der Waals surface area contributed by atoms with E-state index in [1.807, 2.05) is 43.0 Å². The predicted octanol–water partition coefficient (Wildman–Crippen LogP) is 1.99. The zero-order valence-electron chi connectivity index (χ0n) is 18.8. The van der Waals surface area contributed by atoms with Crippen LogP contribution in [0.25, 0.3) is 10.9 Å². The smallest absolute Gasteiger partial charge is 0.326 e. The van der Waals surface area contributed by atoms with Gasteiger partial charge in [0.15, 0.2) is 0 Å². The summed E-state index contributed by atoms with van der Waals surface area (Å²) in [4.78, 5) is 48.0. The SMILES string of the molecule is CCn1c(=O)[nH]c2cc(CN3CCN(c4ccc(C(=O)NC)nc4C)CC3=O)ccc2c1=S. The molecule has 0 saturated carbocycles. The number of anilines is 1. The molecule has 0 spiro atoms. The fraction of sp³-hybridized carbons (Fsp3) is 0.348. The number of aromatic amines is 1. The highest BCUT2D eigenvalue weighted by Gasteiger charge is 2.25. The van der Waals surface area contributed by atoms with E-state index in [0.717, 1.165) is 16.6 Å². The van der Waals surface area contributed by atoms with Crippen molar-refractivity contribution in [3.8, 4) is 0 Å². The number of H-pyrrole nitrogens is 1. The van der Waals surface area contributed by atoms with Crippen LogP contribution >= 0.6 is 12.2 Å². The molecule has 1 aliphatic rings. The van der Waals surface area contributed by atoms with Gasteiger partial charge in [0.1, 0.15) is 10.3 Å². The lowest BCUT2D eigenvalue weighted by Crippen LogP contribution is -2.50. The van der Waals surface area contributed by atoms with Crippen LogP contribution in [0.3, 0.4) is 0 Å². The van der Waals surface area contributed by atoms with E-state index < -0.39 is 0 Å². The topological polar surface area (TPSA) is 103 Å². The molecule has 1 fully saturated rings. The lowest BCUT2D eigenvalue weighted by Gasteiger charge is -2.36. The number of fused-ring (bicyclic) bond motifs is 1. The Morgan fingerprint density at radius 1 is 1.21 bits per heavy atom. The summed E-state index contributed by atoms with van der Waals surface area (Å²) in [5, 5.41) is 3.38. The van der Waals surface area contributed by atoms with E-state index in [2.05, 4.69) is 15.3 Å². The third kappa shape index (κ3) is 4.38.